The largest absolute Gasteiger partial charge is 0.462 e. The predicted octanol–water partition coefficient (Wildman–Crippen LogP) is 1.18. The van der Waals surface area contributed by atoms with Crippen LogP contribution in [0.2, 0.25) is 0 Å². The van der Waals surface area contributed by atoms with Gasteiger partial charge in [0.2, 0.25) is 0 Å². The molecular weight excluding hydrogens is 660 g/mol. The van der Waals surface area contributed by atoms with Crippen LogP contribution in [0.4, 0.5) is 0 Å². The van der Waals surface area contributed by atoms with E-state index in [-0.39, 0.29) is 37.4 Å². The van der Waals surface area contributed by atoms with Crippen molar-refractivity contribution in [3.63, 3.8) is 0 Å². The van der Waals surface area contributed by atoms with E-state index >= 15 is 0 Å². The minimum absolute atomic E-state index is 0.0622. The Morgan fingerprint density at radius 2 is 0.959 bits per heavy atom. The number of aliphatic hydroxyl groups is 2. The topological polar surface area (TPSA) is 199 Å². The maximum Gasteiger partial charge on any atom is 0.394 e. The van der Waals surface area contributed by atoms with Crippen molar-refractivity contribution >= 4 is 22.3 Å². The molecular formula is C34H44N2O12S. The van der Waals surface area contributed by atoms with E-state index in [1.54, 1.807) is 0 Å². The Morgan fingerprint density at radius 1 is 0.673 bits per heavy atom. The monoisotopic (exact) mass is 704 g/mol. The van der Waals surface area contributed by atoms with E-state index in [2.05, 4.69) is 23.9 Å². The molecule has 14 nitrogen and oxygen atoms in total. The summed E-state index contributed by atoms with van der Waals surface area (Å²) < 4.78 is 54.3. The second-order valence-electron chi connectivity index (χ2n) is 13.5. The Morgan fingerprint density at radius 3 is 1.22 bits per heavy atom. The average Bonchev–Trinajstić information content (AvgIpc) is 3.97. The van der Waals surface area contributed by atoms with E-state index in [1.165, 1.54) is 0 Å². The van der Waals surface area contributed by atoms with E-state index < -0.39 is 22.2 Å². The Hall–Kier alpha value is -2.99. The highest BCUT2D eigenvalue weighted by molar-refractivity contribution is 7.79. The van der Waals surface area contributed by atoms with Crippen LogP contribution >= 0.6 is 0 Å². The van der Waals surface area contributed by atoms with Crippen LogP contribution in [0.3, 0.4) is 0 Å². The molecule has 8 rings (SSSR count). The first-order valence-corrected chi connectivity index (χ1v) is 17.9. The molecule has 268 valence electrons. The Kier molecular flexibility index (Phi) is 10.7. The maximum atomic E-state index is 12.4. The smallest absolute Gasteiger partial charge is 0.394 e. The van der Waals surface area contributed by atoms with E-state index in [1.807, 2.05) is 60.7 Å². The number of likely N-dealkylation sites (N-methyl/N-ethyl adjacent to an activating group) is 2. The number of carbonyl (C=O) groups excluding carboxylic acids is 2. The zero-order chi connectivity index (χ0) is 35.0. The van der Waals surface area contributed by atoms with Crippen molar-refractivity contribution in [1.82, 2.24) is 9.80 Å². The quantitative estimate of drug-likeness (QED) is 0.174. The van der Waals surface area contributed by atoms with Crippen LogP contribution in [0.25, 0.3) is 0 Å². The number of carbonyl (C=O) groups is 2. The number of fused-ring (bicyclic) bond motifs is 10. The number of benzene rings is 2. The lowest BCUT2D eigenvalue weighted by atomic mass is 9.97. The van der Waals surface area contributed by atoms with Gasteiger partial charge in [-0.25, -0.2) is 0 Å². The number of esters is 2. The summed E-state index contributed by atoms with van der Waals surface area (Å²) in [6.07, 6.45) is 4.52. The lowest BCUT2D eigenvalue weighted by Gasteiger charge is -2.38. The number of aliphatic hydroxyl groups excluding tert-OH is 2. The summed E-state index contributed by atoms with van der Waals surface area (Å²) in [5, 5.41) is 19.1. The molecule has 6 fully saturated rings. The molecule has 2 aromatic carbocycles. The number of rotatable bonds is 8. The molecule has 12 atom stereocenters. The van der Waals surface area contributed by atoms with Gasteiger partial charge in [-0.3, -0.25) is 28.5 Å². The standard InChI is InChI=1S/2C17H21NO4.H2O4S/c2*1-18-13-7-11(8-14(18)16-15(13)22-16)21-17(20)12(9-19)10-5-3-2-4-6-10;1-5(2,3)4/h2*2-6,11-16,19H,7-9H2,1H3;(H2,1,2,3,4)/t2*11?,12-,13-,14+,15-,16+;/m11./s1. The van der Waals surface area contributed by atoms with E-state index in [4.69, 9.17) is 36.5 Å². The van der Waals surface area contributed by atoms with Gasteiger partial charge in [0.15, 0.2) is 0 Å². The minimum Gasteiger partial charge on any atom is -0.462 e. The van der Waals surface area contributed by atoms with Crippen molar-refractivity contribution in [2.75, 3.05) is 27.3 Å². The average molecular weight is 705 g/mol. The Labute approximate surface area is 285 Å². The summed E-state index contributed by atoms with van der Waals surface area (Å²) in [6.45, 7) is -0.451. The number of ether oxygens (including phenoxy) is 4. The Balaban J connectivity index is 0.000000150. The van der Waals surface area contributed by atoms with Crippen molar-refractivity contribution in [2.24, 2.45) is 0 Å². The van der Waals surface area contributed by atoms with Crippen molar-refractivity contribution < 1.29 is 56.3 Å². The van der Waals surface area contributed by atoms with Gasteiger partial charge in [0.05, 0.1) is 13.2 Å². The first kappa shape index (κ1) is 35.8. The molecule has 6 saturated heterocycles. The molecule has 6 heterocycles. The fraction of sp³-hybridized carbons (Fsp3) is 0.588. The minimum atomic E-state index is -4.67. The number of nitrogens with zero attached hydrogens (tertiary/aromatic N) is 2. The molecule has 0 radical (unpaired) electrons. The molecule has 2 unspecified atom stereocenters. The number of morpholine rings is 2. The molecule has 0 aliphatic carbocycles. The molecule has 2 aromatic rings. The third-order valence-corrected chi connectivity index (χ3v) is 10.7. The van der Waals surface area contributed by atoms with Crippen LogP contribution < -0.4 is 0 Å². The second kappa shape index (κ2) is 14.7. The van der Waals surface area contributed by atoms with Gasteiger partial charge in [0.25, 0.3) is 0 Å². The third kappa shape index (κ3) is 8.16. The van der Waals surface area contributed by atoms with Gasteiger partial charge in [0, 0.05) is 49.9 Å². The molecule has 0 saturated carbocycles. The van der Waals surface area contributed by atoms with Crippen molar-refractivity contribution in [1.29, 1.82) is 0 Å². The van der Waals surface area contributed by atoms with Crippen LogP contribution in [0.15, 0.2) is 60.7 Å². The molecule has 0 aromatic heterocycles. The summed E-state index contributed by atoms with van der Waals surface area (Å²) in [6, 6.07) is 20.1. The lowest BCUT2D eigenvalue weighted by Crippen LogP contribution is -2.48. The molecule has 0 spiro atoms. The van der Waals surface area contributed by atoms with Crippen LogP contribution in [0.1, 0.15) is 48.6 Å². The fourth-order valence-corrected chi connectivity index (χ4v) is 8.09. The molecule has 6 aliphatic heterocycles. The summed E-state index contributed by atoms with van der Waals surface area (Å²) in [4.78, 5) is 29.6. The van der Waals surface area contributed by atoms with Gasteiger partial charge < -0.3 is 29.2 Å². The molecule has 4 N–H and O–H groups in total. The summed E-state index contributed by atoms with van der Waals surface area (Å²) in [7, 11) is -0.410. The Bertz CT molecular complexity index is 1420. The van der Waals surface area contributed by atoms with E-state index in [0.29, 0.717) is 48.6 Å². The molecule has 49 heavy (non-hydrogen) atoms. The normalized spacial score (nSPS) is 34.8. The van der Waals surface area contributed by atoms with Crippen molar-refractivity contribution in [3.05, 3.63) is 71.8 Å². The van der Waals surface area contributed by atoms with Gasteiger partial charge in [-0.05, 0) is 25.2 Å². The van der Waals surface area contributed by atoms with Crippen molar-refractivity contribution in [2.45, 2.75) is 98.3 Å². The maximum absolute atomic E-state index is 12.4. The van der Waals surface area contributed by atoms with Gasteiger partial charge in [-0.1, -0.05) is 60.7 Å². The summed E-state index contributed by atoms with van der Waals surface area (Å²) in [5.41, 5.74) is 1.61. The SMILES string of the molecule is CN1[C@@H]2CC(OC(=O)[C@H](CO)c3ccccc3)C[C@H]1[C@@H]1O[C@@H]12.CN1[C@@H]2CC(OC(=O)[C@H](CO)c3ccccc3)C[C@H]1[C@@H]1O[C@@H]12.O=S(=O)(O)O. The van der Waals surface area contributed by atoms with Crippen LogP contribution in [-0.4, -0.2) is 138 Å². The molecule has 4 bridgehead atoms. The zero-order valence-corrected chi connectivity index (χ0v) is 28.1. The number of hydrogen-bond acceptors (Lipinski definition) is 12. The highest BCUT2D eigenvalue weighted by Gasteiger charge is 2.64. The zero-order valence-electron chi connectivity index (χ0n) is 27.3. The molecule has 6 aliphatic rings. The lowest BCUT2D eigenvalue weighted by molar-refractivity contribution is -0.157. The van der Waals surface area contributed by atoms with E-state index in [9.17, 15) is 19.8 Å². The number of piperidine rings is 2. The fourth-order valence-electron chi connectivity index (χ4n) is 8.09. The van der Waals surface area contributed by atoms with Gasteiger partial charge >= 0.3 is 22.3 Å². The molecule has 0 amide bonds. The second-order valence-corrected chi connectivity index (χ2v) is 14.4. The van der Waals surface area contributed by atoms with Crippen LogP contribution in [0, 0.1) is 0 Å². The predicted molar refractivity (Wildman–Crippen MR) is 173 cm³/mol. The van der Waals surface area contributed by atoms with Gasteiger partial charge in [-0.15, -0.1) is 0 Å². The van der Waals surface area contributed by atoms with Gasteiger partial charge in [-0.2, -0.15) is 8.42 Å². The van der Waals surface area contributed by atoms with Crippen molar-refractivity contribution in [3.8, 4) is 0 Å². The van der Waals surface area contributed by atoms with Crippen LogP contribution in [0.5, 0.6) is 0 Å². The van der Waals surface area contributed by atoms with Crippen LogP contribution in [-0.2, 0) is 38.9 Å². The number of hydrogen-bond donors (Lipinski definition) is 4. The highest BCUT2D eigenvalue weighted by atomic mass is 32.3. The number of epoxide rings is 2. The van der Waals surface area contributed by atoms with Gasteiger partial charge in [0.1, 0.15) is 48.5 Å². The van der Waals surface area contributed by atoms with E-state index in [0.717, 1.165) is 36.8 Å². The molecule has 15 heteroatoms. The first-order valence-electron chi connectivity index (χ1n) is 16.5. The summed E-state index contributed by atoms with van der Waals surface area (Å²) in [5.74, 6) is -1.83. The highest BCUT2D eigenvalue weighted by Crippen LogP contribution is 2.49. The first-order chi connectivity index (χ1) is 23.4. The summed E-state index contributed by atoms with van der Waals surface area (Å²) >= 11 is 0. The third-order valence-electron chi connectivity index (χ3n) is 10.7.